The summed E-state index contributed by atoms with van der Waals surface area (Å²) in [6.45, 7) is 0. The molecule has 2 aromatic carbocycles. The number of hydrogen-bond acceptors (Lipinski definition) is 6. The Morgan fingerprint density at radius 3 is 2.43 bits per heavy atom. The maximum atomic E-state index is 13.0. The van der Waals surface area contributed by atoms with E-state index in [4.69, 9.17) is 20.5 Å². The molecule has 0 aliphatic heterocycles. The monoisotopic (exact) mass is 361 g/mol. The molecule has 7 nitrogen and oxygen atoms in total. The Morgan fingerprint density at radius 2 is 1.87 bits per heavy atom. The van der Waals surface area contributed by atoms with E-state index in [1.54, 1.807) is 0 Å². The lowest BCUT2D eigenvalue weighted by Gasteiger charge is -2.11. The Hall–Kier alpha value is -2.39. The van der Waals surface area contributed by atoms with E-state index >= 15 is 0 Å². The van der Waals surface area contributed by atoms with Crippen molar-refractivity contribution in [2.75, 3.05) is 7.11 Å². The van der Waals surface area contributed by atoms with Crippen molar-refractivity contribution >= 4 is 27.4 Å². The summed E-state index contributed by atoms with van der Waals surface area (Å²) in [7, 11) is -3.23. The second-order valence-corrected chi connectivity index (χ2v) is 6.13. The third kappa shape index (κ3) is 3.69. The summed E-state index contributed by atoms with van der Waals surface area (Å²) in [6.07, 6.45) is 0. The first-order valence-corrected chi connectivity index (χ1v) is 7.75. The number of hydrogen-bond donors (Lipinski definition) is 0. The Labute approximate surface area is 135 Å². The standard InChI is InChI=1S/C13H9ClFNO6S/c1-21-12-7-9(16(17)18)3-5-13(12)23(19,20)22-11-4-2-8(15)6-10(11)14/h2-7H,1H3. The molecule has 0 saturated carbocycles. The van der Waals surface area contributed by atoms with Gasteiger partial charge < -0.3 is 8.92 Å². The minimum Gasteiger partial charge on any atom is -0.495 e. The molecule has 2 rings (SSSR count). The highest BCUT2D eigenvalue weighted by atomic mass is 35.5. The fraction of sp³-hybridized carbons (Fsp3) is 0.0769. The van der Waals surface area contributed by atoms with Crippen LogP contribution in [0.2, 0.25) is 5.02 Å². The summed E-state index contributed by atoms with van der Waals surface area (Å²) in [5, 5.41) is 10.5. The predicted molar refractivity (Wildman–Crippen MR) is 78.9 cm³/mol. The van der Waals surface area contributed by atoms with Crippen LogP contribution >= 0.6 is 11.6 Å². The lowest BCUT2D eigenvalue weighted by atomic mass is 10.3. The molecule has 2 aromatic rings. The zero-order valence-corrected chi connectivity index (χ0v) is 13.1. The van der Waals surface area contributed by atoms with Crippen molar-refractivity contribution in [2.45, 2.75) is 4.90 Å². The number of rotatable bonds is 5. The second-order valence-electron chi connectivity index (χ2n) is 4.20. The van der Waals surface area contributed by atoms with Crippen LogP contribution in [-0.2, 0) is 10.1 Å². The van der Waals surface area contributed by atoms with Gasteiger partial charge in [0.15, 0.2) is 5.75 Å². The van der Waals surface area contributed by atoms with Crippen molar-refractivity contribution in [3.8, 4) is 11.5 Å². The zero-order chi connectivity index (χ0) is 17.2. The highest BCUT2D eigenvalue weighted by Crippen LogP contribution is 2.33. The van der Waals surface area contributed by atoms with Crippen LogP contribution < -0.4 is 8.92 Å². The van der Waals surface area contributed by atoms with E-state index in [-0.39, 0.29) is 22.2 Å². The van der Waals surface area contributed by atoms with Gasteiger partial charge in [0.05, 0.1) is 23.1 Å². The quantitative estimate of drug-likeness (QED) is 0.461. The number of nitro groups is 1. The number of non-ortho nitro benzene ring substituents is 1. The summed E-state index contributed by atoms with van der Waals surface area (Å²) in [4.78, 5) is 9.59. The minimum atomic E-state index is -4.39. The van der Waals surface area contributed by atoms with Gasteiger partial charge in [-0.15, -0.1) is 0 Å². The van der Waals surface area contributed by atoms with Gasteiger partial charge in [0.2, 0.25) is 0 Å². The van der Waals surface area contributed by atoms with Crippen molar-refractivity contribution in [1.82, 2.24) is 0 Å². The molecule has 0 atom stereocenters. The molecule has 0 fully saturated rings. The number of nitrogens with zero attached hydrogens (tertiary/aromatic N) is 1. The first kappa shape index (κ1) is 17.0. The van der Waals surface area contributed by atoms with Gasteiger partial charge >= 0.3 is 10.1 Å². The van der Waals surface area contributed by atoms with Crippen molar-refractivity contribution in [3.05, 3.63) is 57.4 Å². The molecular weight excluding hydrogens is 353 g/mol. The van der Waals surface area contributed by atoms with Gasteiger partial charge in [0, 0.05) is 6.07 Å². The fourth-order valence-corrected chi connectivity index (χ4v) is 3.03. The predicted octanol–water partition coefficient (Wildman–Crippen LogP) is 3.16. The highest BCUT2D eigenvalue weighted by molar-refractivity contribution is 7.87. The van der Waals surface area contributed by atoms with Crippen LogP contribution in [0.15, 0.2) is 41.3 Å². The molecule has 23 heavy (non-hydrogen) atoms. The maximum Gasteiger partial charge on any atom is 0.342 e. The lowest BCUT2D eigenvalue weighted by molar-refractivity contribution is -0.385. The number of nitro benzene ring substituents is 1. The smallest absolute Gasteiger partial charge is 0.342 e. The zero-order valence-electron chi connectivity index (χ0n) is 11.5. The Bertz CT molecular complexity index is 871. The van der Waals surface area contributed by atoms with Crippen LogP contribution in [0.1, 0.15) is 0 Å². The van der Waals surface area contributed by atoms with E-state index in [2.05, 4.69) is 0 Å². The molecule has 0 N–H and O–H groups in total. The van der Waals surface area contributed by atoms with E-state index in [0.29, 0.717) is 0 Å². The normalized spacial score (nSPS) is 11.1. The summed E-state index contributed by atoms with van der Waals surface area (Å²) in [5.41, 5.74) is -0.347. The number of halogens is 2. The molecule has 0 spiro atoms. The number of ether oxygens (including phenoxy) is 1. The second kappa shape index (κ2) is 6.39. The van der Waals surface area contributed by atoms with Crippen LogP contribution in [0, 0.1) is 15.9 Å². The van der Waals surface area contributed by atoms with E-state index in [0.717, 1.165) is 43.5 Å². The van der Waals surface area contributed by atoms with Gasteiger partial charge in [-0.25, -0.2) is 4.39 Å². The average Bonchev–Trinajstić information content (AvgIpc) is 2.49. The minimum absolute atomic E-state index is 0.241. The van der Waals surface area contributed by atoms with Gasteiger partial charge in [-0.2, -0.15) is 8.42 Å². The van der Waals surface area contributed by atoms with Crippen LogP contribution in [0.5, 0.6) is 11.5 Å². The average molecular weight is 362 g/mol. The molecule has 0 aliphatic carbocycles. The molecule has 0 radical (unpaired) electrons. The summed E-state index contributed by atoms with van der Waals surface area (Å²) in [5.74, 6) is -1.21. The first-order chi connectivity index (χ1) is 10.7. The molecule has 122 valence electrons. The fourth-order valence-electron chi connectivity index (χ4n) is 1.68. The largest absolute Gasteiger partial charge is 0.495 e. The molecule has 0 aliphatic rings. The Balaban J connectivity index is 2.45. The Morgan fingerprint density at radius 1 is 1.17 bits per heavy atom. The molecule has 0 heterocycles. The molecule has 0 bridgehead atoms. The summed E-state index contributed by atoms with van der Waals surface area (Å²) in [6, 6.07) is 5.83. The van der Waals surface area contributed by atoms with E-state index in [9.17, 15) is 22.9 Å². The Kier molecular flexibility index (Phi) is 4.71. The van der Waals surface area contributed by atoms with Gasteiger partial charge in [0.1, 0.15) is 16.5 Å². The third-order valence-electron chi connectivity index (χ3n) is 2.72. The SMILES string of the molecule is COc1cc([N+](=O)[O-])ccc1S(=O)(=O)Oc1ccc(F)cc1Cl. The molecule has 0 unspecified atom stereocenters. The molecular formula is C13H9ClFNO6S. The van der Waals surface area contributed by atoms with Gasteiger partial charge in [-0.3, -0.25) is 10.1 Å². The molecule has 0 aromatic heterocycles. The molecule has 0 saturated heterocycles. The maximum absolute atomic E-state index is 13.0. The summed E-state index contributed by atoms with van der Waals surface area (Å²) < 4.78 is 47.2. The van der Waals surface area contributed by atoms with Crippen molar-refractivity contribution in [2.24, 2.45) is 0 Å². The lowest BCUT2D eigenvalue weighted by Crippen LogP contribution is -2.11. The van der Waals surface area contributed by atoms with E-state index < -0.39 is 25.8 Å². The number of methoxy groups -OCH3 is 1. The van der Waals surface area contributed by atoms with Crippen molar-refractivity contribution < 1.29 is 26.7 Å². The third-order valence-corrected chi connectivity index (χ3v) is 4.29. The van der Waals surface area contributed by atoms with Gasteiger partial charge in [-0.1, -0.05) is 11.6 Å². The van der Waals surface area contributed by atoms with Crippen LogP contribution in [0.25, 0.3) is 0 Å². The highest BCUT2D eigenvalue weighted by Gasteiger charge is 2.25. The van der Waals surface area contributed by atoms with Gasteiger partial charge in [0.25, 0.3) is 5.69 Å². The molecule has 10 heteroatoms. The number of benzene rings is 2. The van der Waals surface area contributed by atoms with E-state index in [1.165, 1.54) is 0 Å². The molecule has 0 amide bonds. The summed E-state index contributed by atoms with van der Waals surface area (Å²) >= 11 is 5.71. The van der Waals surface area contributed by atoms with Crippen LogP contribution in [0.3, 0.4) is 0 Å². The van der Waals surface area contributed by atoms with Crippen LogP contribution in [-0.4, -0.2) is 20.5 Å². The topological polar surface area (TPSA) is 95.7 Å². The van der Waals surface area contributed by atoms with Crippen LogP contribution in [0.4, 0.5) is 10.1 Å². The van der Waals surface area contributed by atoms with E-state index in [1.807, 2.05) is 0 Å². The van der Waals surface area contributed by atoms with Gasteiger partial charge in [-0.05, 0) is 24.3 Å². The van der Waals surface area contributed by atoms with Crippen molar-refractivity contribution in [1.29, 1.82) is 0 Å². The first-order valence-electron chi connectivity index (χ1n) is 5.96. The van der Waals surface area contributed by atoms with Crippen molar-refractivity contribution in [3.63, 3.8) is 0 Å².